The van der Waals surface area contributed by atoms with E-state index >= 15 is 0 Å². The van der Waals surface area contributed by atoms with E-state index in [1.54, 1.807) is 6.07 Å². The summed E-state index contributed by atoms with van der Waals surface area (Å²) in [5, 5.41) is 0. The van der Waals surface area contributed by atoms with Crippen molar-refractivity contribution < 1.29 is 8.78 Å². The first kappa shape index (κ1) is 14.6. The van der Waals surface area contributed by atoms with E-state index in [1.165, 1.54) is 6.07 Å². The van der Waals surface area contributed by atoms with E-state index in [0.29, 0.717) is 31.7 Å². The first-order valence-corrected chi connectivity index (χ1v) is 6.60. The smallest absolute Gasteiger partial charge is 0.163 e. The highest BCUT2D eigenvalue weighted by Crippen LogP contribution is 2.15. The maximum Gasteiger partial charge on any atom is 0.163 e. The fourth-order valence-electron chi connectivity index (χ4n) is 2.15. The van der Waals surface area contributed by atoms with E-state index in [1.807, 2.05) is 35.2 Å². The Balaban J connectivity index is 2.11. The SMILES string of the molecule is NCCN(Cc1ccccc1)Cc1cccc(F)c1F. The van der Waals surface area contributed by atoms with Gasteiger partial charge in [-0.2, -0.15) is 0 Å². The zero-order chi connectivity index (χ0) is 14.4. The van der Waals surface area contributed by atoms with Gasteiger partial charge in [-0.05, 0) is 11.6 Å². The van der Waals surface area contributed by atoms with Gasteiger partial charge >= 0.3 is 0 Å². The van der Waals surface area contributed by atoms with Crippen molar-refractivity contribution in [3.8, 4) is 0 Å². The molecule has 0 bridgehead atoms. The summed E-state index contributed by atoms with van der Waals surface area (Å²) in [6.07, 6.45) is 0. The van der Waals surface area contributed by atoms with Crippen LogP contribution in [0.1, 0.15) is 11.1 Å². The second-order valence-corrected chi connectivity index (χ2v) is 4.70. The van der Waals surface area contributed by atoms with Gasteiger partial charge in [0.1, 0.15) is 0 Å². The monoisotopic (exact) mass is 276 g/mol. The number of halogens is 2. The second kappa shape index (κ2) is 7.12. The van der Waals surface area contributed by atoms with Gasteiger partial charge in [0.25, 0.3) is 0 Å². The third-order valence-corrected chi connectivity index (χ3v) is 3.12. The molecule has 0 aliphatic carbocycles. The van der Waals surface area contributed by atoms with Crippen LogP contribution in [0.4, 0.5) is 8.78 Å². The fraction of sp³-hybridized carbons (Fsp3) is 0.250. The third-order valence-electron chi connectivity index (χ3n) is 3.12. The van der Waals surface area contributed by atoms with Crippen LogP contribution in [0.5, 0.6) is 0 Å². The van der Waals surface area contributed by atoms with Crippen LogP contribution in [-0.4, -0.2) is 18.0 Å². The summed E-state index contributed by atoms with van der Waals surface area (Å²) in [6.45, 7) is 2.11. The topological polar surface area (TPSA) is 29.3 Å². The molecule has 0 radical (unpaired) electrons. The molecule has 2 aromatic rings. The number of hydrogen-bond acceptors (Lipinski definition) is 2. The lowest BCUT2D eigenvalue weighted by Gasteiger charge is -2.22. The van der Waals surface area contributed by atoms with Gasteiger partial charge in [-0.1, -0.05) is 42.5 Å². The molecule has 20 heavy (non-hydrogen) atoms. The summed E-state index contributed by atoms with van der Waals surface area (Å²) in [5.41, 5.74) is 7.07. The van der Waals surface area contributed by atoms with Crippen molar-refractivity contribution in [1.82, 2.24) is 4.90 Å². The molecule has 0 amide bonds. The van der Waals surface area contributed by atoms with Crippen LogP contribution in [-0.2, 0) is 13.1 Å². The minimum atomic E-state index is -0.810. The molecule has 4 heteroatoms. The van der Waals surface area contributed by atoms with Crippen molar-refractivity contribution in [2.24, 2.45) is 5.73 Å². The van der Waals surface area contributed by atoms with E-state index in [-0.39, 0.29) is 0 Å². The molecule has 0 aliphatic rings. The molecule has 0 saturated carbocycles. The maximum atomic E-state index is 13.7. The summed E-state index contributed by atoms with van der Waals surface area (Å²) >= 11 is 0. The molecule has 0 aromatic heterocycles. The van der Waals surface area contributed by atoms with Gasteiger partial charge in [0.2, 0.25) is 0 Å². The number of nitrogens with two attached hydrogens (primary N) is 1. The van der Waals surface area contributed by atoms with Crippen LogP contribution < -0.4 is 5.73 Å². The van der Waals surface area contributed by atoms with Gasteiger partial charge in [0.05, 0.1) is 0 Å². The first-order chi connectivity index (χ1) is 9.70. The van der Waals surface area contributed by atoms with Crippen LogP contribution in [0.3, 0.4) is 0 Å². The quantitative estimate of drug-likeness (QED) is 0.879. The highest BCUT2D eigenvalue weighted by Gasteiger charge is 2.12. The van der Waals surface area contributed by atoms with Gasteiger partial charge in [0, 0.05) is 31.7 Å². The predicted octanol–water partition coefficient (Wildman–Crippen LogP) is 2.93. The van der Waals surface area contributed by atoms with Crippen LogP contribution in [0.2, 0.25) is 0 Å². The lowest BCUT2D eigenvalue weighted by Crippen LogP contribution is -2.29. The van der Waals surface area contributed by atoms with E-state index in [4.69, 9.17) is 5.73 Å². The Hall–Kier alpha value is -1.78. The van der Waals surface area contributed by atoms with E-state index in [2.05, 4.69) is 0 Å². The molecule has 0 fully saturated rings. The molecule has 0 unspecified atom stereocenters. The Morgan fingerprint density at radius 1 is 0.900 bits per heavy atom. The average molecular weight is 276 g/mol. The molecular weight excluding hydrogens is 258 g/mol. The van der Waals surface area contributed by atoms with Gasteiger partial charge in [-0.15, -0.1) is 0 Å². The Morgan fingerprint density at radius 3 is 2.35 bits per heavy atom. The predicted molar refractivity (Wildman–Crippen MR) is 76.0 cm³/mol. The Kier molecular flexibility index (Phi) is 5.21. The lowest BCUT2D eigenvalue weighted by atomic mass is 10.1. The molecule has 2 aromatic carbocycles. The summed E-state index contributed by atoms with van der Waals surface area (Å²) in [7, 11) is 0. The standard InChI is InChI=1S/C16H18F2N2/c17-15-8-4-7-14(16(15)18)12-20(10-9-19)11-13-5-2-1-3-6-13/h1-8H,9-12,19H2. The molecule has 0 heterocycles. The number of nitrogens with zero attached hydrogens (tertiary/aromatic N) is 1. The van der Waals surface area contributed by atoms with E-state index in [0.717, 1.165) is 11.6 Å². The number of hydrogen-bond donors (Lipinski definition) is 1. The third kappa shape index (κ3) is 3.85. The number of benzene rings is 2. The van der Waals surface area contributed by atoms with Crippen molar-refractivity contribution in [3.05, 3.63) is 71.3 Å². The van der Waals surface area contributed by atoms with Crippen molar-refractivity contribution >= 4 is 0 Å². The molecule has 2 rings (SSSR count). The summed E-state index contributed by atoms with van der Waals surface area (Å²) in [4.78, 5) is 2.01. The Morgan fingerprint density at radius 2 is 1.65 bits per heavy atom. The maximum absolute atomic E-state index is 13.7. The van der Waals surface area contributed by atoms with Gasteiger partial charge in [-0.25, -0.2) is 8.78 Å². The molecule has 0 saturated heterocycles. The molecule has 0 atom stereocenters. The van der Waals surface area contributed by atoms with Crippen molar-refractivity contribution in [3.63, 3.8) is 0 Å². The van der Waals surface area contributed by atoms with Gasteiger partial charge < -0.3 is 5.73 Å². The second-order valence-electron chi connectivity index (χ2n) is 4.70. The highest BCUT2D eigenvalue weighted by atomic mass is 19.2. The van der Waals surface area contributed by atoms with Crippen molar-refractivity contribution in [2.75, 3.05) is 13.1 Å². The van der Waals surface area contributed by atoms with Gasteiger partial charge in [0.15, 0.2) is 11.6 Å². The van der Waals surface area contributed by atoms with Crippen LogP contribution >= 0.6 is 0 Å². The zero-order valence-electron chi connectivity index (χ0n) is 11.2. The summed E-state index contributed by atoms with van der Waals surface area (Å²) in [5.74, 6) is -1.59. The lowest BCUT2D eigenvalue weighted by molar-refractivity contribution is 0.259. The molecule has 0 spiro atoms. The van der Waals surface area contributed by atoms with E-state index < -0.39 is 11.6 Å². The van der Waals surface area contributed by atoms with Gasteiger partial charge in [-0.3, -0.25) is 4.90 Å². The summed E-state index contributed by atoms with van der Waals surface area (Å²) in [6, 6.07) is 14.1. The number of rotatable bonds is 6. The minimum Gasteiger partial charge on any atom is -0.329 e. The highest BCUT2D eigenvalue weighted by molar-refractivity contribution is 5.19. The Labute approximate surface area is 117 Å². The molecule has 0 aliphatic heterocycles. The Bertz CT molecular complexity index is 543. The van der Waals surface area contributed by atoms with E-state index in [9.17, 15) is 8.78 Å². The average Bonchev–Trinajstić information content (AvgIpc) is 2.45. The van der Waals surface area contributed by atoms with Crippen LogP contribution in [0, 0.1) is 11.6 Å². The normalized spacial score (nSPS) is 11.0. The minimum absolute atomic E-state index is 0.343. The molecule has 106 valence electrons. The first-order valence-electron chi connectivity index (χ1n) is 6.60. The largest absolute Gasteiger partial charge is 0.329 e. The molecular formula is C16H18F2N2. The van der Waals surface area contributed by atoms with Crippen LogP contribution in [0.15, 0.2) is 48.5 Å². The fourth-order valence-corrected chi connectivity index (χ4v) is 2.15. The van der Waals surface area contributed by atoms with Crippen molar-refractivity contribution in [2.45, 2.75) is 13.1 Å². The van der Waals surface area contributed by atoms with Crippen molar-refractivity contribution in [1.29, 1.82) is 0 Å². The summed E-state index contributed by atoms with van der Waals surface area (Å²) < 4.78 is 26.9. The zero-order valence-corrected chi connectivity index (χ0v) is 11.2. The molecule has 2 nitrogen and oxygen atoms in total. The van der Waals surface area contributed by atoms with Crippen LogP contribution in [0.25, 0.3) is 0 Å². The molecule has 2 N–H and O–H groups in total.